The summed E-state index contributed by atoms with van der Waals surface area (Å²) in [4.78, 5) is 0. The van der Waals surface area contributed by atoms with E-state index in [2.05, 4.69) is 20.8 Å². The van der Waals surface area contributed by atoms with E-state index < -0.39 is 5.82 Å². The van der Waals surface area contributed by atoms with Crippen LogP contribution in [-0.2, 0) is 6.54 Å². The van der Waals surface area contributed by atoms with Gasteiger partial charge in [0.05, 0.1) is 5.69 Å². The van der Waals surface area contributed by atoms with Gasteiger partial charge in [-0.1, -0.05) is 12.1 Å². The molecule has 0 unspecified atom stereocenters. The lowest BCUT2D eigenvalue weighted by molar-refractivity contribution is 0.432. The fraction of sp³-hybridized carbons (Fsp3) is 0.0714. The SMILES string of the molecule is Oc1ccc(CNc2cccc(-n3cnnn3)c2)cc1F. The van der Waals surface area contributed by atoms with Crippen LogP contribution in [-0.4, -0.2) is 25.3 Å². The molecule has 2 aromatic carbocycles. The van der Waals surface area contributed by atoms with E-state index in [1.54, 1.807) is 10.7 Å². The number of rotatable bonds is 4. The van der Waals surface area contributed by atoms with Gasteiger partial charge in [-0.05, 0) is 46.3 Å². The second-order valence-electron chi connectivity index (χ2n) is 4.44. The fourth-order valence-corrected chi connectivity index (χ4v) is 1.90. The van der Waals surface area contributed by atoms with E-state index in [1.807, 2.05) is 24.3 Å². The Morgan fingerprint density at radius 3 is 2.86 bits per heavy atom. The molecule has 2 N–H and O–H groups in total. The Morgan fingerprint density at radius 1 is 1.19 bits per heavy atom. The molecule has 0 atom stereocenters. The molecule has 3 rings (SSSR count). The van der Waals surface area contributed by atoms with E-state index in [4.69, 9.17) is 5.11 Å². The van der Waals surface area contributed by atoms with Crippen molar-refractivity contribution in [1.29, 1.82) is 0 Å². The largest absolute Gasteiger partial charge is 0.505 e. The number of aromatic hydroxyl groups is 1. The number of halogens is 1. The van der Waals surface area contributed by atoms with Gasteiger partial charge in [0.25, 0.3) is 0 Å². The number of aromatic nitrogens is 4. The smallest absolute Gasteiger partial charge is 0.165 e. The third-order valence-electron chi connectivity index (χ3n) is 2.97. The zero-order valence-corrected chi connectivity index (χ0v) is 10.9. The van der Waals surface area contributed by atoms with Crippen molar-refractivity contribution in [1.82, 2.24) is 20.2 Å². The van der Waals surface area contributed by atoms with Crippen LogP contribution in [0.1, 0.15) is 5.56 Å². The molecule has 0 spiro atoms. The van der Waals surface area contributed by atoms with Crippen molar-refractivity contribution in [3.05, 3.63) is 60.2 Å². The van der Waals surface area contributed by atoms with Gasteiger partial charge in [0.2, 0.25) is 0 Å². The molecule has 106 valence electrons. The Kier molecular flexibility index (Phi) is 3.46. The maximum absolute atomic E-state index is 13.3. The third kappa shape index (κ3) is 2.97. The topological polar surface area (TPSA) is 75.9 Å². The van der Waals surface area contributed by atoms with Gasteiger partial charge in [-0.25, -0.2) is 9.07 Å². The number of phenolic OH excluding ortho intramolecular Hbond substituents is 1. The van der Waals surface area contributed by atoms with E-state index in [1.165, 1.54) is 18.5 Å². The van der Waals surface area contributed by atoms with Crippen LogP contribution in [0.15, 0.2) is 48.8 Å². The Morgan fingerprint density at radius 2 is 2.10 bits per heavy atom. The minimum atomic E-state index is -0.628. The predicted octanol–water partition coefficient (Wildman–Crippen LogP) is 2.12. The fourth-order valence-electron chi connectivity index (χ4n) is 1.90. The monoisotopic (exact) mass is 285 g/mol. The molecule has 0 aliphatic heterocycles. The van der Waals surface area contributed by atoms with Crippen LogP contribution < -0.4 is 5.32 Å². The summed E-state index contributed by atoms with van der Waals surface area (Å²) in [7, 11) is 0. The van der Waals surface area contributed by atoms with Crippen LogP contribution in [0.4, 0.5) is 10.1 Å². The summed E-state index contributed by atoms with van der Waals surface area (Å²) in [5.74, 6) is -0.976. The van der Waals surface area contributed by atoms with Gasteiger partial charge in [-0.2, -0.15) is 0 Å². The number of hydrogen-bond acceptors (Lipinski definition) is 5. The van der Waals surface area contributed by atoms with Gasteiger partial charge in [0.1, 0.15) is 6.33 Å². The number of phenols is 1. The summed E-state index contributed by atoms with van der Waals surface area (Å²) in [6.07, 6.45) is 1.51. The molecule has 1 aromatic heterocycles. The van der Waals surface area contributed by atoms with Crippen molar-refractivity contribution in [2.45, 2.75) is 6.54 Å². The van der Waals surface area contributed by atoms with Crippen molar-refractivity contribution in [3.8, 4) is 11.4 Å². The minimum absolute atomic E-state index is 0.348. The van der Waals surface area contributed by atoms with Crippen molar-refractivity contribution >= 4 is 5.69 Å². The van der Waals surface area contributed by atoms with Gasteiger partial charge in [0.15, 0.2) is 11.6 Å². The molecule has 0 aliphatic carbocycles. The molecular weight excluding hydrogens is 273 g/mol. The summed E-state index contributed by atoms with van der Waals surface area (Å²) in [5, 5.41) is 23.3. The van der Waals surface area contributed by atoms with Crippen molar-refractivity contribution in [2.75, 3.05) is 5.32 Å². The molecule has 0 bridgehead atoms. The highest BCUT2D eigenvalue weighted by molar-refractivity contribution is 5.51. The number of benzene rings is 2. The van der Waals surface area contributed by atoms with E-state index >= 15 is 0 Å². The van der Waals surface area contributed by atoms with E-state index in [0.717, 1.165) is 16.9 Å². The molecule has 1 heterocycles. The second kappa shape index (κ2) is 5.58. The lowest BCUT2D eigenvalue weighted by Gasteiger charge is -2.08. The molecule has 3 aromatic rings. The first-order valence-electron chi connectivity index (χ1n) is 6.27. The average Bonchev–Trinajstić information content (AvgIpc) is 3.03. The van der Waals surface area contributed by atoms with E-state index in [0.29, 0.717) is 6.54 Å². The average molecular weight is 285 g/mol. The van der Waals surface area contributed by atoms with Crippen LogP contribution in [0.3, 0.4) is 0 Å². The first-order chi connectivity index (χ1) is 10.2. The summed E-state index contributed by atoms with van der Waals surface area (Å²) in [6, 6.07) is 11.8. The zero-order valence-electron chi connectivity index (χ0n) is 10.9. The number of hydrogen-bond donors (Lipinski definition) is 2. The molecule has 0 radical (unpaired) electrons. The van der Waals surface area contributed by atoms with Gasteiger partial charge in [-0.3, -0.25) is 0 Å². The van der Waals surface area contributed by atoms with Crippen molar-refractivity contribution < 1.29 is 9.50 Å². The lowest BCUT2D eigenvalue weighted by Crippen LogP contribution is -2.01. The van der Waals surface area contributed by atoms with Crippen LogP contribution >= 0.6 is 0 Å². The molecule has 6 nitrogen and oxygen atoms in total. The van der Waals surface area contributed by atoms with Gasteiger partial charge in [0, 0.05) is 12.2 Å². The van der Waals surface area contributed by atoms with Crippen LogP contribution in [0, 0.1) is 5.82 Å². The van der Waals surface area contributed by atoms with E-state index in [9.17, 15) is 4.39 Å². The molecular formula is C14H12FN5O. The molecule has 0 amide bonds. The second-order valence-corrected chi connectivity index (χ2v) is 4.44. The summed E-state index contributed by atoms with van der Waals surface area (Å²) < 4.78 is 14.8. The standard InChI is InChI=1S/C14H12FN5O/c15-13-6-10(4-5-14(13)21)8-16-11-2-1-3-12(7-11)20-9-17-18-19-20/h1-7,9,16,21H,8H2. The highest BCUT2D eigenvalue weighted by Crippen LogP contribution is 2.18. The Labute approximate surface area is 119 Å². The van der Waals surface area contributed by atoms with Crippen LogP contribution in [0.5, 0.6) is 5.75 Å². The highest BCUT2D eigenvalue weighted by atomic mass is 19.1. The summed E-state index contributed by atoms with van der Waals surface area (Å²) in [6.45, 7) is 0.441. The van der Waals surface area contributed by atoms with Gasteiger partial charge < -0.3 is 10.4 Å². The Balaban J connectivity index is 1.73. The highest BCUT2D eigenvalue weighted by Gasteiger charge is 2.03. The molecule has 21 heavy (non-hydrogen) atoms. The summed E-state index contributed by atoms with van der Waals surface area (Å²) >= 11 is 0. The molecule has 7 heteroatoms. The molecule has 0 fully saturated rings. The first-order valence-corrected chi connectivity index (χ1v) is 6.27. The molecule has 0 saturated carbocycles. The van der Waals surface area contributed by atoms with E-state index in [-0.39, 0.29) is 5.75 Å². The molecule has 0 saturated heterocycles. The van der Waals surface area contributed by atoms with Gasteiger partial charge in [-0.15, -0.1) is 5.10 Å². The van der Waals surface area contributed by atoms with Crippen LogP contribution in [0.2, 0.25) is 0 Å². The number of anilines is 1. The van der Waals surface area contributed by atoms with Crippen molar-refractivity contribution in [3.63, 3.8) is 0 Å². The van der Waals surface area contributed by atoms with Gasteiger partial charge >= 0.3 is 0 Å². The van der Waals surface area contributed by atoms with Crippen LogP contribution in [0.25, 0.3) is 5.69 Å². The summed E-state index contributed by atoms with van der Waals surface area (Å²) in [5.41, 5.74) is 2.41. The Hall–Kier alpha value is -2.96. The maximum Gasteiger partial charge on any atom is 0.165 e. The zero-order chi connectivity index (χ0) is 14.7. The quantitative estimate of drug-likeness (QED) is 0.768. The first kappa shape index (κ1) is 13.0. The number of nitrogens with one attached hydrogen (secondary N) is 1. The molecule has 0 aliphatic rings. The number of tetrazole rings is 1. The van der Waals surface area contributed by atoms with Crippen molar-refractivity contribution in [2.24, 2.45) is 0 Å². The minimum Gasteiger partial charge on any atom is -0.505 e. The Bertz CT molecular complexity index is 745. The normalized spacial score (nSPS) is 10.5. The third-order valence-corrected chi connectivity index (χ3v) is 2.97. The lowest BCUT2D eigenvalue weighted by atomic mass is 10.2. The predicted molar refractivity (Wildman–Crippen MR) is 74.5 cm³/mol. The maximum atomic E-state index is 13.3. The number of nitrogens with zero attached hydrogens (tertiary/aromatic N) is 4.